The summed E-state index contributed by atoms with van der Waals surface area (Å²) in [5.41, 5.74) is 10.9. The van der Waals surface area contributed by atoms with E-state index in [1.807, 2.05) is 7.05 Å². The van der Waals surface area contributed by atoms with Gasteiger partial charge in [0.05, 0.1) is 5.69 Å². The molecule has 1 unspecified atom stereocenters. The van der Waals surface area contributed by atoms with Gasteiger partial charge in [0, 0.05) is 30.3 Å². The Hall–Kier alpha value is -2.14. The maximum Gasteiger partial charge on any atom is 0.222 e. The topological polar surface area (TPSA) is 67.1 Å². The van der Waals surface area contributed by atoms with E-state index in [-0.39, 0.29) is 0 Å². The van der Waals surface area contributed by atoms with Crippen LogP contribution in [0.2, 0.25) is 0 Å². The van der Waals surface area contributed by atoms with Gasteiger partial charge < -0.3 is 16.0 Å². The summed E-state index contributed by atoms with van der Waals surface area (Å²) in [5.74, 6) is 1.41. The summed E-state index contributed by atoms with van der Waals surface area (Å²) in [6.07, 6.45) is 3.18. The van der Waals surface area contributed by atoms with Crippen LogP contribution < -0.4 is 16.0 Å². The van der Waals surface area contributed by atoms with E-state index in [0.717, 1.165) is 43.9 Å². The van der Waals surface area contributed by atoms with Crippen molar-refractivity contribution in [2.75, 3.05) is 30.8 Å². The molecule has 0 saturated carbocycles. The van der Waals surface area contributed by atoms with Crippen LogP contribution in [0.4, 0.5) is 11.8 Å². The maximum atomic E-state index is 6.01. The molecule has 4 rings (SSSR count). The molecule has 0 bridgehead atoms. The summed E-state index contributed by atoms with van der Waals surface area (Å²) in [6, 6.07) is 9.02. The Kier molecular flexibility index (Phi) is 3.22. The lowest BCUT2D eigenvalue weighted by Gasteiger charge is -2.26. The first-order valence-electron chi connectivity index (χ1n) is 7.93. The van der Waals surface area contributed by atoms with Crippen LogP contribution >= 0.6 is 0 Å². The molecule has 0 spiro atoms. The zero-order valence-corrected chi connectivity index (χ0v) is 12.8. The Balaban J connectivity index is 1.81. The fraction of sp³-hybridized carbons (Fsp3) is 0.412. The summed E-state index contributed by atoms with van der Waals surface area (Å²) in [4.78, 5) is 11.5. The minimum Gasteiger partial charge on any atom is -0.368 e. The van der Waals surface area contributed by atoms with E-state index < -0.39 is 0 Å². The summed E-state index contributed by atoms with van der Waals surface area (Å²) in [7, 11) is 2.02. The third-order valence-corrected chi connectivity index (χ3v) is 4.82. The Morgan fingerprint density at radius 1 is 1.23 bits per heavy atom. The third kappa shape index (κ3) is 2.13. The van der Waals surface area contributed by atoms with Crippen LogP contribution in [0.3, 0.4) is 0 Å². The van der Waals surface area contributed by atoms with Crippen molar-refractivity contribution in [3.8, 4) is 11.3 Å². The monoisotopic (exact) mass is 295 g/mol. The molecule has 2 aliphatic rings. The van der Waals surface area contributed by atoms with E-state index in [0.29, 0.717) is 12.0 Å². The zero-order valence-electron chi connectivity index (χ0n) is 12.8. The van der Waals surface area contributed by atoms with E-state index in [9.17, 15) is 0 Å². The number of likely N-dealkylation sites (N-methyl/N-ethyl adjacent to an activating group) is 1. The number of aryl methyl sites for hydroxylation is 1. The lowest BCUT2D eigenvalue weighted by atomic mass is 9.89. The van der Waals surface area contributed by atoms with Crippen LogP contribution in [0.5, 0.6) is 0 Å². The molecule has 1 fully saturated rings. The van der Waals surface area contributed by atoms with Crippen molar-refractivity contribution in [3.05, 3.63) is 35.4 Å². The van der Waals surface area contributed by atoms with E-state index in [1.54, 1.807) is 0 Å². The molecule has 5 heteroatoms. The van der Waals surface area contributed by atoms with Gasteiger partial charge in [0.1, 0.15) is 5.82 Å². The highest BCUT2D eigenvalue weighted by Gasteiger charge is 2.28. The van der Waals surface area contributed by atoms with Crippen molar-refractivity contribution in [2.45, 2.75) is 25.3 Å². The minimum atomic E-state index is 0.373. The minimum absolute atomic E-state index is 0.373. The van der Waals surface area contributed by atoms with Crippen LogP contribution in [0.15, 0.2) is 24.3 Å². The summed E-state index contributed by atoms with van der Waals surface area (Å²) >= 11 is 0. The molecule has 2 heterocycles. The smallest absolute Gasteiger partial charge is 0.222 e. The van der Waals surface area contributed by atoms with Gasteiger partial charge in [-0.2, -0.15) is 4.98 Å². The molecule has 1 saturated heterocycles. The molecule has 22 heavy (non-hydrogen) atoms. The number of nitrogen functional groups attached to an aromatic ring is 1. The molecular formula is C17H21N5. The number of hydrogen-bond donors (Lipinski definition) is 2. The number of rotatable bonds is 2. The van der Waals surface area contributed by atoms with E-state index in [4.69, 9.17) is 5.73 Å². The van der Waals surface area contributed by atoms with Gasteiger partial charge in [0.2, 0.25) is 5.95 Å². The van der Waals surface area contributed by atoms with Gasteiger partial charge in [-0.3, -0.25) is 0 Å². The van der Waals surface area contributed by atoms with Crippen molar-refractivity contribution in [1.82, 2.24) is 15.3 Å². The van der Waals surface area contributed by atoms with Gasteiger partial charge in [-0.15, -0.1) is 0 Å². The third-order valence-electron chi connectivity index (χ3n) is 4.82. The van der Waals surface area contributed by atoms with E-state index in [2.05, 4.69) is 44.5 Å². The Morgan fingerprint density at radius 3 is 2.91 bits per heavy atom. The SMILES string of the molecule is CNC1CCN(c2nc(N)nc3c2CCc2ccccc2-3)C1. The number of nitrogens with two attached hydrogens (primary N) is 1. The van der Waals surface area contributed by atoms with E-state index >= 15 is 0 Å². The van der Waals surface area contributed by atoms with Gasteiger partial charge in [-0.25, -0.2) is 4.98 Å². The Bertz CT molecular complexity index is 712. The molecular weight excluding hydrogens is 274 g/mol. The van der Waals surface area contributed by atoms with Crippen molar-refractivity contribution < 1.29 is 0 Å². The van der Waals surface area contributed by atoms with Gasteiger partial charge in [0.25, 0.3) is 0 Å². The highest BCUT2D eigenvalue weighted by atomic mass is 15.2. The predicted octanol–water partition coefficient (Wildman–Crippen LogP) is 1.62. The molecule has 5 nitrogen and oxygen atoms in total. The average molecular weight is 295 g/mol. The molecule has 1 aliphatic heterocycles. The largest absolute Gasteiger partial charge is 0.368 e. The number of hydrogen-bond acceptors (Lipinski definition) is 5. The summed E-state index contributed by atoms with van der Waals surface area (Å²) < 4.78 is 0. The zero-order chi connectivity index (χ0) is 15.1. The molecule has 1 aliphatic carbocycles. The number of aromatic nitrogens is 2. The highest BCUT2D eigenvalue weighted by molar-refractivity contribution is 5.75. The lowest BCUT2D eigenvalue weighted by Crippen LogP contribution is -2.31. The van der Waals surface area contributed by atoms with Gasteiger partial charge in [0.15, 0.2) is 0 Å². The van der Waals surface area contributed by atoms with Crippen molar-refractivity contribution in [1.29, 1.82) is 0 Å². The first-order chi connectivity index (χ1) is 10.8. The average Bonchev–Trinajstić information content (AvgIpc) is 3.03. The number of nitrogens with zero attached hydrogens (tertiary/aromatic N) is 3. The van der Waals surface area contributed by atoms with Gasteiger partial charge in [-0.05, 0) is 31.9 Å². The van der Waals surface area contributed by atoms with Crippen molar-refractivity contribution in [2.24, 2.45) is 0 Å². The molecule has 0 radical (unpaired) electrons. The molecule has 3 N–H and O–H groups in total. The lowest BCUT2D eigenvalue weighted by molar-refractivity contribution is 0.616. The molecule has 2 aromatic rings. The number of fused-ring (bicyclic) bond motifs is 3. The fourth-order valence-electron chi connectivity index (χ4n) is 3.62. The first kappa shape index (κ1) is 13.5. The summed E-state index contributed by atoms with van der Waals surface area (Å²) in [6.45, 7) is 2.01. The quantitative estimate of drug-likeness (QED) is 0.881. The van der Waals surface area contributed by atoms with Crippen molar-refractivity contribution in [3.63, 3.8) is 0 Å². The van der Waals surface area contributed by atoms with Crippen LogP contribution in [-0.4, -0.2) is 36.1 Å². The fourth-order valence-corrected chi connectivity index (χ4v) is 3.62. The van der Waals surface area contributed by atoms with Gasteiger partial charge in [-0.1, -0.05) is 24.3 Å². The second-order valence-corrected chi connectivity index (χ2v) is 6.11. The van der Waals surface area contributed by atoms with E-state index in [1.165, 1.54) is 16.7 Å². The van der Waals surface area contributed by atoms with Crippen LogP contribution in [0, 0.1) is 0 Å². The molecule has 1 aromatic carbocycles. The van der Waals surface area contributed by atoms with Crippen LogP contribution in [-0.2, 0) is 12.8 Å². The summed E-state index contributed by atoms with van der Waals surface area (Å²) in [5, 5.41) is 3.36. The standard InChI is InChI=1S/C17H21N5/c1-19-12-8-9-22(10-12)16-14-7-6-11-4-2-3-5-13(11)15(14)20-17(18)21-16/h2-5,12,19H,6-10H2,1H3,(H2,18,20,21). The highest BCUT2D eigenvalue weighted by Crippen LogP contribution is 2.37. The predicted molar refractivity (Wildman–Crippen MR) is 89.0 cm³/mol. The molecule has 114 valence electrons. The number of anilines is 2. The van der Waals surface area contributed by atoms with Gasteiger partial charge >= 0.3 is 0 Å². The Labute approximate surface area is 130 Å². The molecule has 0 amide bonds. The van der Waals surface area contributed by atoms with Crippen molar-refractivity contribution >= 4 is 11.8 Å². The first-order valence-corrected chi connectivity index (χ1v) is 7.93. The van der Waals surface area contributed by atoms with Crippen LogP contribution in [0.1, 0.15) is 17.5 Å². The Morgan fingerprint density at radius 2 is 2.09 bits per heavy atom. The molecule has 1 atom stereocenters. The number of benzene rings is 1. The maximum absolute atomic E-state index is 6.01. The molecule has 1 aromatic heterocycles. The number of nitrogens with one attached hydrogen (secondary N) is 1. The second-order valence-electron chi connectivity index (χ2n) is 6.11. The second kappa shape index (κ2) is 5.25. The normalized spacial score (nSPS) is 19.9. The van der Waals surface area contributed by atoms with Crippen LogP contribution in [0.25, 0.3) is 11.3 Å².